The lowest BCUT2D eigenvalue weighted by molar-refractivity contribution is -0.129. The van der Waals surface area contributed by atoms with Gasteiger partial charge in [0.05, 0.1) is 17.5 Å². The van der Waals surface area contributed by atoms with Gasteiger partial charge in [-0.1, -0.05) is 42.1 Å². The van der Waals surface area contributed by atoms with Crippen LogP contribution in [0.3, 0.4) is 0 Å². The Balaban J connectivity index is 1.41. The number of thioether (sulfide) groups is 1. The van der Waals surface area contributed by atoms with Gasteiger partial charge < -0.3 is 4.90 Å². The van der Waals surface area contributed by atoms with Crippen LogP contribution in [-0.4, -0.2) is 43.4 Å². The summed E-state index contributed by atoms with van der Waals surface area (Å²) in [5, 5.41) is 9.68. The van der Waals surface area contributed by atoms with Crippen molar-refractivity contribution in [2.24, 2.45) is 0 Å². The molecule has 2 aromatic heterocycles. The highest BCUT2D eigenvalue weighted by molar-refractivity contribution is 7.99. The van der Waals surface area contributed by atoms with Crippen LogP contribution in [-0.2, 0) is 11.2 Å². The number of pyridine rings is 1. The molecule has 0 saturated carbocycles. The van der Waals surface area contributed by atoms with E-state index in [0.717, 1.165) is 36.3 Å². The molecule has 1 unspecified atom stereocenters. The first-order chi connectivity index (χ1) is 17.0. The number of hydrogen-bond donors (Lipinski definition) is 0. The van der Waals surface area contributed by atoms with Crippen molar-refractivity contribution >= 4 is 17.7 Å². The molecule has 1 aliphatic carbocycles. The zero-order chi connectivity index (χ0) is 24.4. The van der Waals surface area contributed by atoms with Gasteiger partial charge in [0.2, 0.25) is 5.91 Å². The fraction of sp³-hybridized carbons (Fsp3) is 0.286. The van der Waals surface area contributed by atoms with Gasteiger partial charge in [0, 0.05) is 25.0 Å². The number of nitrogens with zero attached hydrogens (tertiary/aromatic N) is 5. The molecule has 7 heteroatoms. The van der Waals surface area contributed by atoms with Crippen LogP contribution in [0.25, 0.3) is 17.1 Å². The molecular weight excluding hydrogens is 454 g/mol. The van der Waals surface area contributed by atoms with Crippen molar-refractivity contribution in [3.8, 4) is 17.1 Å². The molecule has 6 nitrogen and oxygen atoms in total. The van der Waals surface area contributed by atoms with Gasteiger partial charge in [0.25, 0.3) is 0 Å². The number of aromatic nitrogens is 4. The maximum absolute atomic E-state index is 13.3. The third-order valence-electron chi connectivity index (χ3n) is 6.84. The Bertz CT molecular complexity index is 1350. The lowest BCUT2D eigenvalue weighted by Crippen LogP contribution is -2.34. The van der Waals surface area contributed by atoms with Crippen molar-refractivity contribution in [3.63, 3.8) is 0 Å². The Morgan fingerprint density at radius 2 is 1.86 bits per heavy atom. The van der Waals surface area contributed by atoms with E-state index in [0.29, 0.717) is 10.9 Å². The van der Waals surface area contributed by atoms with Gasteiger partial charge in [-0.05, 0) is 79.6 Å². The lowest BCUT2D eigenvalue weighted by atomic mass is 9.87. The molecule has 35 heavy (non-hydrogen) atoms. The Kier molecular flexibility index (Phi) is 6.68. The summed E-state index contributed by atoms with van der Waals surface area (Å²) in [5.41, 5.74) is 6.96. The van der Waals surface area contributed by atoms with Crippen LogP contribution < -0.4 is 0 Å². The molecule has 1 aliphatic rings. The van der Waals surface area contributed by atoms with Crippen LogP contribution in [0.4, 0.5) is 0 Å². The summed E-state index contributed by atoms with van der Waals surface area (Å²) in [4.78, 5) is 19.3. The highest BCUT2D eigenvalue weighted by atomic mass is 32.2. The van der Waals surface area contributed by atoms with E-state index in [1.807, 2.05) is 28.6 Å². The molecule has 0 fully saturated rings. The van der Waals surface area contributed by atoms with Crippen LogP contribution in [0, 0.1) is 13.8 Å². The van der Waals surface area contributed by atoms with Gasteiger partial charge in [-0.3, -0.25) is 14.3 Å². The third-order valence-corrected chi connectivity index (χ3v) is 7.76. The standard InChI is InChI=1S/C28H29N5OS/c1-19-11-12-23(17-20(19)2)33-27(22-13-15-29-16-14-22)30-31-28(33)35-18-26(34)32(3)25-10-6-8-21-7-4-5-9-24(21)25/h4-5,7,9,11-17,25H,6,8,10,18H2,1-3H3. The Labute approximate surface area is 210 Å². The SMILES string of the molecule is Cc1ccc(-n2c(SCC(=O)N(C)C3CCCc4ccccc43)nnc2-c2ccncc2)cc1C. The lowest BCUT2D eigenvalue weighted by Gasteiger charge is -2.33. The van der Waals surface area contributed by atoms with Gasteiger partial charge in [0.15, 0.2) is 11.0 Å². The number of fused-ring (bicyclic) bond motifs is 1. The molecule has 5 rings (SSSR count). The molecule has 1 amide bonds. The topological polar surface area (TPSA) is 63.9 Å². The fourth-order valence-corrected chi connectivity index (χ4v) is 5.56. The maximum atomic E-state index is 13.3. The highest BCUT2D eigenvalue weighted by Gasteiger charge is 2.27. The average Bonchev–Trinajstić information content (AvgIpc) is 3.32. The minimum Gasteiger partial charge on any atom is -0.338 e. The van der Waals surface area contributed by atoms with Crippen LogP contribution in [0.2, 0.25) is 0 Å². The molecule has 0 bridgehead atoms. The van der Waals surface area contributed by atoms with Crippen molar-refractivity contribution in [2.75, 3.05) is 12.8 Å². The molecule has 2 aromatic carbocycles. The third kappa shape index (κ3) is 4.73. The van der Waals surface area contributed by atoms with Crippen molar-refractivity contribution in [2.45, 2.75) is 44.3 Å². The molecule has 0 aliphatic heterocycles. The summed E-state index contributed by atoms with van der Waals surface area (Å²) >= 11 is 1.43. The summed E-state index contributed by atoms with van der Waals surface area (Å²) in [5.74, 6) is 1.13. The highest BCUT2D eigenvalue weighted by Crippen LogP contribution is 2.34. The van der Waals surface area contributed by atoms with Crippen molar-refractivity contribution in [1.29, 1.82) is 0 Å². The summed E-state index contributed by atoms with van der Waals surface area (Å²) in [6.07, 6.45) is 6.68. The molecule has 0 radical (unpaired) electrons. The number of amides is 1. The van der Waals surface area contributed by atoms with Crippen LogP contribution in [0.1, 0.15) is 41.1 Å². The van der Waals surface area contributed by atoms with Crippen molar-refractivity contribution in [3.05, 3.63) is 89.2 Å². The number of benzene rings is 2. The molecule has 0 spiro atoms. The molecule has 178 valence electrons. The molecular formula is C28H29N5OS. The van der Waals surface area contributed by atoms with E-state index >= 15 is 0 Å². The zero-order valence-electron chi connectivity index (χ0n) is 20.3. The Morgan fingerprint density at radius 3 is 2.66 bits per heavy atom. The summed E-state index contributed by atoms with van der Waals surface area (Å²) in [7, 11) is 1.92. The van der Waals surface area contributed by atoms with E-state index in [4.69, 9.17) is 0 Å². The Hall–Kier alpha value is -3.45. The molecule has 1 atom stereocenters. The summed E-state index contributed by atoms with van der Waals surface area (Å²) in [6, 6.07) is 18.8. The monoisotopic (exact) mass is 483 g/mol. The normalized spacial score (nSPS) is 15.0. The predicted octanol–water partition coefficient (Wildman–Crippen LogP) is 5.57. The first-order valence-corrected chi connectivity index (χ1v) is 12.9. The molecule has 0 saturated heterocycles. The zero-order valence-corrected chi connectivity index (χ0v) is 21.1. The van der Waals surface area contributed by atoms with E-state index in [2.05, 4.69) is 71.5 Å². The van der Waals surface area contributed by atoms with Gasteiger partial charge in [0.1, 0.15) is 0 Å². The predicted molar refractivity (Wildman–Crippen MR) is 140 cm³/mol. The van der Waals surface area contributed by atoms with Gasteiger partial charge in [-0.25, -0.2) is 0 Å². The van der Waals surface area contributed by atoms with Gasteiger partial charge >= 0.3 is 0 Å². The van der Waals surface area contributed by atoms with Crippen LogP contribution in [0.15, 0.2) is 72.1 Å². The number of aryl methyl sites for hydroxylation is 3. The largest absolute Gasteiger partial charge is 0.338 e. The molecule has 0 N–H and O–H groups in total. The number of rotatable bonds is 6. The van der Waals surface area contributed by atoms with E-state index in [9.17, 15) is 4.79 Å². The summed E-state index contributed by atoms with van der Waals surface area (Å²) in [6.45, 7) is 4.20. The number of hydrogen-bond acceptors (Lipinski definition) is 5. The van der Waals surface area contributed by atoms with Gasteiger partial charge in [-0.2, -0.15) is 0 Å². The average molecular weight is 484 g/mol. The molecule has 2 heterocycles. The number of carbonyl (C=O) groups excluding carboxylic acids is 1. The smallest absolute Gasteiger partial charge is 0.233 e. The van der Waals surface area contributed by atoms with Crippen LogP contribution in [0.5, 0.6) is 0 Å². The first kappa shape index (κ1) is 23.3. The van der Waals surface area contributed by atoms with Gasteiger partial charge in [-0.15, -0.1) is 10.2 Å². The minimum atomic E-state index is 0.0943. The van der Waals surface area contributed by atoms with E-state index in [1.54, 1.807) is 12.4 Å². The minimum absolute atomic E-state index is 0.0943. The Morgan fingerprint density at radius 1 is 1.06 bits per heavy atom. The first-order valence-electron chi connectivity index (χ1n) is 11.9. The second kappa shape index (κ2) is 10.0. The second-order valence-electron chi connectivity index (χ2n) is 9.05. The quantitative estimate of drug-likeness (QED) is 0.335. The van der Waals surface area contributed by atoms with Crippen molar-refractivity contribution in [1.82, 2.24) is 24.6 Å². The van der Waals surface area contributed by atoms with E-state index in [1.165, 1.54) is 34.0 Å². The van der Waals surface area contributed by atoms with Crippen molar-refractivity contribution < 1.29 is 4.79 Å². The summed E-state index contributed by atoms with van der Waals surface area (Å²) < 4.78 is 2.04. The fourth-order valence-electron chi connectivity index (χ4n) is 4.68. The van der Waals surface area contributed by atoms with Crippen LogP contribution >= 0.6 is 11.8 Å². The number of carbonyl (C=O) groups is 1. The second-order valence-corrected chi connectivity index (χ2v) is 9.99. The molecule has 4 aromatic rings. The maximum Gasteiger partial charge on any atom is 0.233 e. The van der Waals surface area contributed by atoms with E-state index in [-0.39, 0.29) is 11.9 Å². The van der Waals surface area contributed by atoms with E-state index < -0.39 is 0 Å².